The number of piperidine rings is 1. The first kappa shape index (κ1) is 13.7. The van der Waals surface area contributed by atoms with Gasteiger partial charge in [-0.25, -0.2) is 9.97 Å². The molecule has 1 aliphatic rings. The molecule has 0 spiro atoms. The average molecular weight is 263 g/mol. The molecule has 1 aliphatic heterocycles. The lowest BCUT2D eigenvalue weighted by molar-refractivity contribution is 0.0931. The van der Waals surface area contributed by atoms with Gasteiger partial charge in [0.05, 0.1) is 12.4 Å². The van der Waals surface area contributed by atoms with E-state index in [0.29, 0.717) is 24.0 Å². The van der Waals surface area contributed by atoms with Crippen LogP contribution in [0.25, 0.3) is 0 Å². The highest BCUT2D eigenvalue weighted by Gasteiger charge is 2.18. The molecule has 0 saturated carbocycles. The fourth-order valence-corrected chi connectivity index (χ4v) is 2.34. The number of amides is 1. The van der Waals surface area contributed by atoms with Gasteiger partial charge in [-0.3, -0.25) is 4.79 Å². The number of anilines is 1. The molecule has 6 nitrogen and oxygen atoms in total. The number of carbonyl (C=O) groups is 1. The molecule has 2 rings (SSSR count). The van der Waals surface area contributed by atoms with Crippen molar-refractivity contribution >= 4 is 11.7 Å². The summed E-state index contributed by atoms with van der Waals surface area (Å²) in [7, 11) is 3.89. The van der Waals surface area contributed by atoms with Gasteiger partial charge in [-0.05, 0) is 32.4 Å². The summed E-state index contributed by atoms with van der Waals surface area (Å²) in [6.07, 6.45) is 5.43. The molecule has 6 heteroatoms. The van der Waals surface area contributed by atoms with Crippen LogP contribution in [0.5, 0.6) is 0 Å². The Morgan fingerprint density at radius 1 is 1.47 bits per heavy atom. The Labute approximate surface area is 113 Å². The number of hydrogen-bond donors (Lipinski definition) is 2. The van der Waals surface area contributed by atoms with E-state index in [9.17, 15) is 4.79 Å². The largest absolute Gasteiger partial charge is 0.372 e. The standard InChI is InChI=1S/C13H21N5O/c1-14-12-8-15-11(7-16-12)13(19)17-6-10-4-3-5-18(2)9-10/h7-8,10H,3-6,9H2,1-2H3,(H,14,16)(H,17,19). The molecule has 1 unspecified atom stereocenters. The van der Waals surface area contributed by atoms with E-state index < -0.39 is 0 Å². The van der Waals surface area contributed by atoms with E-state index in [1.54, 1.807) is 13.2 Å². The molecule has 0 aliphatic carbocycles. The Bertz CT molecular complexity index is 420. The van der Waals surface area contributed by atoms with Crippen LogP contribution in [-0.2, 0) is 0 Å². The number of rotatable bonds is 4. The summed E-state index contributed by atoms with van der Waals surface area (Å²) in [4.78, 5) is 22.4. The SMILES string of the molecule is CNc1cnc(C(=O)NCC2CCCN(C)C2)cn1. The number of hydrogen-bond acceptors (Lipinski definition) is 5. The van der Waals surface area contributed by atoms with E-state index in [0.717, 1.165) is 13.1 Å². The lowest BCUT2D eigenvalue weighted by atomic mass is 9.98. The van der Waals surface area contributed by atoms with Crippen molar-refractivity contribution in [2.45, 2.75) is 12.8 Å². The summed E-state index contributed by atoms with van der Waals surface area (Å²) in [5.41, 5.74) is 0.364. The number of carbonyl (C=O) groups excluding carboxylic acids is 1. The van der Waals surface area contributed by atoms with Crippen LogP contribution in [-0.4, -0.2) is 54.5 Å². The van der Waals surface area contributed by atoms with Crippen LogP contribution in [0.15, 0.2) is 12.4 Å². The molecule has 0 radical (unpaired) electrons. The van der Waals surface area contributed by atoms with Crippen molar-refractivity contribution in [1.29, 1.82) is 0 Å². The number of likely N-dealkylation sites (tertiary alicyclic amines) is 1. The van der Waals surface area contributed by atoms with Gasteiger partial charge in [0, 0.05) is 20.1 Å². The second-order valence-corrected chi connectivity index (χ2v) is 5.02. The predicted octanol–water partition coefficient (Wildman–Crippen LogP) is 0.590. The molecule has 2 heterocycles. The Morgan fingerprint density at radius 2 is 2.32 bits per heavy atom. The summed E-state index contributed by atoms with van der Waals surface area (Å²) < 4.78 is 0. The zero-order chi connectivity index (χ0) is 13.7. The first-order valence-corrected chi connectivity index (χ1v) is 6.65. The highest BCUT2D eigenvalue weighted by molar-refractivity contribution is 5.91. The molecule has 1 saturated heterocycles. The highest BCUT2D eigenvalue weighted by Crippen LogP contribution is 2.13. The number of aromatic nitrogens is 2. The monoisotopic (exact) mass is 263 g/mol. The Kier molecular flexibility index (Phi) is 4.68. The van der Waals surface area contributed by atoms with Crippen LogP contribution in [0.2, 0.25) is 0 Å². The first-order valence-electron chi connectivity index (χ1n) is 6.65. The fourth-order valence-electron chi connectivity index (χ4n) is 2.34. The van der Waals surface area contributed by atoms with E-state index in [-0.39, 0.29) is 5.91 Å². The van der Waals surface area contributed by atoms with Gasteiger partial charge >= 0.3 is 0 Å². The molecule has 0 aromatic carbocycles. The molecule has 19 heavy (non-hydrogen) atoms. The van der Waals surface area contributed by atoms with Gasteiger partial charge in [0.2, 0.25) is 0 Å². The van der Waals surface area contributed by atoms with Gasteiger partial charge in [0.1, 0.15) is 11.5 Å². The summed E-state index contributed by atoms with van der Waals surface area (Å²) in [5, 5.41) is 5.81. The molecular formula is C13H21N5O. The first-order chi connectivity index (χ1) is 9.19. The van der Waals surface area contributed by atoms with Gasteiger partial charge in [-0.1, -0.05) is 0 Å². The summed E-state index contributed by atoms with van der Waals surface area (Å²) in [6.45, 7) is 2.91. The second kappa shape index (κ2) is 6.47. The number of nitrogens with one attached hydrogen (secondary N) is 2. The summed E-state index contributed by atoms with van der Waals surface area (Å²) in [5.74, 6) is 1.04. The van der Waals surface area contributed by atoms with Crippen molar-refractivity contribution in [2.75, 3.05) is 39.0 Å². The van der Waals surface area contributed by atoms with Gasteiger partial charge < -0.3 is 15.5 Å². The molecule has 1 aromatic rings. The topological polar surface area (TPSA) is 70.2 Å². The van der Waals surface area contributed by atoms with Crippen LogP contribution in [0, 0.1) is 5.92 Å². The fraction of sp³-hybridized carbons (Fsp3) is 0.615. The quantitative estimate of drug-likeness (QED) is 0.832. The molecule has 0 bridgehead atoms. The molecule has 104 valence electrons. The maximum Gasteiger partial charge on any atom is 0.271 e. The van der Waals surface area contributed by atoms with Gasteiger partial charge in [-0.2, -0.15) is 0 Å². The van der Waals surface area contributed by atoms with Crippen LogP contribution >= 0.6 is 0 Å². The van der Waals surface area contributed by atoms with E-state index in [1.807, 2.05) is 0 Å². The van der Waals surface area contributed by atoms with E-state index in [2.05, 4.69) is 32.5 Å². The van der Waals surface area contributed by atoms with Crippen molar-refractivity contribution in [3.05, 3.63) is 18.1 Å². The van der Waals surface area contributed by atoms with Crippen LogP contribution in [0.4, 0.5) is 5.82 Å². The van der Waals surface area contributed by atoms with Crippen molar-refractivity contribution < 1.29 is 4.79 Å². The smallest absolute Gasteiger partial charge is 0.271 e. The van der Waals surface area contributed by atoms with E-state index in [4.69, 9.17) is 0 Å². The van der Waals surface area contributed by atoms with Crippen molar-refractivity contribution in [3.8, 4) is 0 Å². The average Bonchev–Trinajstić information content (AvgIpc) is 2.45. The molecule has 2 N–H and O–H groups in total. The van der Waals surface area contributed by atoms with Crippen molar-refractivity contribution in [1.82, 2.24) is 20.2 Å². The highest BCUT2D eigenvalue weighted by atomic mass is 16.1. The lowest BCUT2D eigenvalue weighted by Crippen LogP contribution is -2.39. The van der Waals surface area contributed by atoms with Crippen LogP contribution in [0.1, 0.15) is 23.3 Å². The third-order valence-corrected chi connectivity index (χ3v) is 3.41. The minimum Gasteiger partial charge on any atom is -0.372 e. The van der Waals surface area contributed by atoms with Gasteiger partial charge in [0.25, 0.3) is 5.91 Å². The number of nitrogens with zero attached hydrogens (tertiary/aromatic N) is 3. The third-order valence-electron chi connectivity index (χ3n) is 3.41. The normalized spacial score (nSPS) is 20.0. The predicted molar refractivity (Wildman–Crippen MR) is 74.1 cm³/mol. The molecule has 1 aromatic heterocycles. The summed E-state index contributed by atoms with van der Waals surface area (Å²) in [6, 6.07) is 0. The molecule has 1 fully saturated rings. The van der Waals surface area contributed by atoms with Gasteiger partial charge in [0.15, 0.2) is 0 Å². The Balaban J connectivity index is 1.83. The molecular weight excluding hydrogens is 242 g/mol. The van der Waals surface area contributed by atoms with Crippen LogP contribution < -0.4 is 10.6 Å². The second-order valence-electron chi connectivity index (χ2n) is 5.02. The third kappa shape index (κ3) is 3.89. The van der Waals surface area contributed by atoms with Crippen molar-refractivity contribution in [2.24, 2.45) is 5.92 Å². The zero-order valence-electron chi connectivity index (χ0n) is 11.5. The van der Waals surface area contributed by atoms with Crippen molar-refractivity contribution in [3.63, 3.8) is 0 Å². The molecule has 1 amide bonds. The maximum absolute atomic E-state index is 11.9. The lowest BCUT2D eigenvalue weighted by Gasteiger charge is -2.29. The minimum atomic E-state index is -0.150. The van der Waals surface area contributed by atoms with E-state index >= 15 is 0 Å². The zero-order valence-corrected chi connectivity index (χ0v) is 11.5. The Hall–Kier alpha value is -1.69. The minimum absolute atomic E-state index is 0.150. The molecule has 1 atom stereocenters. The van der Waals surface area contributed by atoms with E-state index in [1.165, 1.54) is 19.0 Å². The van der Waals surface area contributed by atoms with Gasteiger partial charge in [-0.15, -0.1) is 0 Å². The Morgan fingerprint density at radius 3 is 2.95 bits per heavy atom. The summed E-state index contributed by atoms with van der Waals surface area (Å²) >= 11 is 0. The van der Waals surface area contributed by atoms with Crippen LogP contribution in [0.3, 0.4) is 0 Å². The maximum atomic E-state index is 11.9.